The minimum atomic E-state index is -0.0472. The largest absolute Gasteiger partial charge is 0.327 e. The fourth-order valence-electron chi connectivity index (χ4n) is 6.97. The average Bonchev–Trinajstić information content (AvgIpc) is 2.94. The summed E-state index contributed by atoms with van der Waals surface area (Å²) in [5.41, 5.74) is 6.37. The third-order valence-electron chi connectivity index (χ3n) is 9.35. The monoisotopic (exact) mass is 609 g/mol. The Morgan fingerprint density at radius 1 is 0.512 bits per heavy atom. The van der Waals surface area contributed by atoms with Crippen LogP contribution < -0.4 is 5.73 Å². The van der Waals surface area contributed by atoms with Gasteiger partial charge < -0.3 is 10.6 Å². The van der Waals surface area contributed by atoms with Gasteiger partial charge in [-0.3, -0.25) is 14.6 Å². The van der Waals surface area contributed by atoms with Crippen LogP contribution in [-0.2, 0) is 4.79 Å². The van der Waals surface area contributed by atoms with Crippen molar-refractivity contribution in [3.63, 3.8) is 0 Å². The molecule has 0 aromatic carbocycles. The molecule has 43 heavy (non-hydrogen) atoms. The summed E-state index contributed by atoms with van der Waals surface area (Å²) < 4.78 is 0. The zero-order chi connectivity index (χ0) is 32.5. The number of nitrogens with two attached hydrogens (primary N) is 1. The van der Waals surface area contributed by atoms with Crippen molar-refractivity contribution >= 4 is 5.91 Å². The van der Waals surface area contributed by atoms with Crippen LogP contribution in [0.3, 0.4) is 0 Å². The lowest BCUT2D eigenvalue weighted by molar-refractivity contribution is -0.140. The van der Waals surface area contributed by atoms with Gasteiger partial charge in [-0.15, -0.1) is 0 Å². The van der Waals surface area contributed by atoms with Crippen molar-refractivity contribution < 1.29 is 4.79 Å². The summed E-state index contributed by atoms with van der Waals surface area (Å²) in [5.74, 6) is 0.279. The van der Waals surface area contributed by atoms with Crippen molar-refractivity contribution in [2.75, 3.05) is 19.6 Å². The van der Waals surface area contributed by atoms with Crippen LogP contribution >= 0.6 is 0 Å². The molecule has 1 atom stereocenters. The van der Waals surface area contributed by atoms with Gasteiger partial charge in [-0.2, -0.15) is 0 Å². The maximum Gasteiger partial charge on any atom is 0.223 e. The molecule has 0 aliphatic rings. The van der Waals surface area contributed by atoms with Crippen molar-refractivity contribution in [1.82, 2.24) is 14.7 Å². The first-order chi connectivity index (χ1) is 20.6. The summed E-state index contributed by atoms with van der Waals surface area (Å²) in [6.07, 6.45) is 26.6. The van der Waals surface area contributed by atoms with Gasteiger partial charge in [-0.1, -0.05) is 122 Å². The predicted molar refractivity (Wildman–Crippen MR) is 192 cm³/mol. The normalized spacial score (nSPS) is 13.0. The van der Waals surface area contributed by atoms with E-state index in [-0.39, 0.29) is 12.1 Å². The van der Waals surface area contributed by atoms with E-state index >= 15 is 0 Å². The molecule has 0 heterocycles. The van der Waals surface area contributed by atoms with Gasteiger partial charge in [0.1, 0.15) is 0 Å². The van der Waals surface area contributed by atoms with Crippen molar-refractivity contribution in [3.8, 4) is 0 Å². The van der Waals surface area contributed by atoms with E-state index in [1.54, 1.807) is 0 Å². The molecule has 1 unspecified atom stereocenters. The number of carbonyl (C=O) groups excluding carboxylic acids is 1. The van der Waals surface area contributed by atoms with Crippen LogP contribution in [0.4, 0.5) is 0 Å². The molecule has 0 spiro atoms. The fourth-order valence-corrected chi connectivity index (χ4v) is 6.97. The average molecular weight is 609 g/mol. The van der Waals surface area contributed by atoms with E-state index in [9.17, 15) is 4.79 Å². The van der Waals surface area contributed by atoms with Gasteiger partial charge in [0.15, 0.2) is 0 Å². The lowest BCUT2D eigenvalue weighted by Crippen LogP contribution is -2.60. The molecule has 0 aromatic heterocycles. The lowest BCUT2D eigenvalue weighted by Gasteiger charge is -2.44. The number of hydrogen-bond acceptors (Lipinski definition) is 4. The van der Waals surface area contributed by atoms with Crippen LogP contribution in [0.2, 0.25) is 0 Å². The Balaban J connectivity index is 4.31. The maximum absolute atomic E-state index is 13.7. The maximum atomic E-state index is 13.7. The van der Waals surface area contributed by atoms with Crippen LogP contribution in [0.1, 0.15) is 191 Å². The molecule has 0 saturated carbocycles. The molecule has 0 rings (SSSR count). The van der Waals surface area contributed by atoms with E-state index in [1.165, 1.54) is 109 Å². The second-order valence-corrected chi connectivity index (χ2v) is 14.5. The minimum Gasteiger partial charge on any atom is -0.327 e. The number of nitrogens with zero attached hydrogens (tertiary/aromatic N) is 3. The molecule has 0 fully saturated rings. The highest BCUT2D eigenvalue weighted by Gasteiger charge is 2.31. The Kier molecular flexibility index (Phi) is 27.2. The van der Waals surface area contributed by atoms with E-state index < -0.39 is 0 Å². The second kappa shape index (κ2) is 27.6. The quantitative estimate of drug-likeness (QED) is 0.0651. The smallest absolute Gasteiger partial charge is 0.223 e. The van der Waals surface area contributed by atoms with Gasteiger partial charge >= 0.3 is 0 Å². The third-order valence-corrected chi connectivity index (χ3v) is 9.35. The highest BCUT2D eigenvalue weighted by molar-refractivity contribution is 5.76. The summed E-state index contributed by atoms with van der Waals surface area (Å²) in [7, 11) is 0. The van der Waals surface area contributed by atoms with Gasteiger partial charge in [0.05, 0.1) is 6.17 Å². The summed E-state index contributed by atoms with van der Waals surface area (Å²) in [6, 6.07) is 1.59. The van der Waals surface area contributed by atoms with Crippen molar-refractivity contribution in [1.29, 1.82) is 0 Å². The topological polar surface area (TPSA) is 52.8 Å². The molecule has 5 nitrogen and oxygen atoms in total. The molecular weight excluding hydrogens is 528 g/mol. The number of unbranched alkanes of at least 4 members (excludes halogenated alkanes) is 18. The zero-order valence-electron chi connectivity index (χ0n) is 31.0. The molecule has 0 bridgehead atoms. The SMILES string of the molecule is CCCCCCCCCCCCCCCCCCCCCC(=O)N(CCN(C(C)C)C(C)C)C(CN)N(C(C)C)C(C)C. The van der Waals surface area contributed by atoms with E-state index in [0.717, 1.165) is 25.9 Å². The molecule has 258 valence electrons. The van der Waals surface area contributed by atoms with E-state index in [1.807, 2.05) is 0 Å². The molecular formula is C38H80N4O. The highest BCUT2D eigenvalue weighted by atomic mass is 16.2. The van der Waals surface area contributed by atoms with Crippen LogP contribution in [0, 0.1) is 0 Å². The second-order valence-electron chi connectivity index (χ2n) is 14.5. The van der Waals surface area contributed by atoms with E-state index in [4.69, 9.17) is 5.73 Å². The number of rotatable bonds is 30. The van der Waals surface area contributed by atoms with Crippen LogP contribution in [0.25, 0.3) is 0 Å². The molecule has 1 amide bonds. The Morgan fingerprint density at radius 2 is 0.860 bits per heavy atom. The first-order valence-corrected chi connectivity index (χ1v) is 19.1. The molecule has 0 saturated heterocycles. The number of amides is 1. The zero-order valence-corrected chi connectivity index (χ0v) is 31.0. The van der Waals surface area contributed by atoms with Crippen molar-refractivity contribution in [2.45, 2.75) is 221 Å². The Morgan fingerprint density at radius 3 is 1.16 bits per heavy atom. The summed E-state index contributed by atoms with van der Waals surface area (Å²) >= 11 is 0. The lowest BCUT2D eigenvalue weighted by atomic mass is 10.0. The van der Waals surface area contributed by atoms with Gasteiger partial charge in [0.2, 0.25) is 5.91 Å². The van der Waals surface area contributed by atoms with E-state index in [2.05, 4.69) is 77.0 Å². The van der Waals surface area contributed by atoms with Gasteiger partial charge in [0.25, 0.3) is 0 Å². The van der Waals surface area contributed by atoms with Crippen LogP contribution in [-0.4, -0.2) is 70.6 Å². The molecule has 5 heteroatoms. The summed E-state index contributed by atoms with van der Waals surface area (Å²) in [4.78, 5) is 20.7. The van der Waals surface area contributed by atoms with Crippen LogP contribution in [0.5, 0.6) is 0 Å². The first kappa shape index (κ1) is 42.3. The fraction of sp³-hybridized carbons (Fsp3) is 0.974. The van der Waals surface area contributed by atoms with Gasteiger partial charge in [-0.25, -0.2) is 0 Å². The predicted octanol–water partition coefficient (Wildman–Crippen LogP) is 10.2. The van der Waals surface area contributed by atoms with E-state index in [0.29, 0.717) is 37.1 Å². The Labute approximate surface area is 271 Å². The van der Waals surface area contributed by atoms with Crippen molar-refractivity contribution in [3.05, 3.63) is 0 Å². The highest BCUT2D eigenvalue weighted by Crippen LogP contribution is 2.19. The molecule has 0 aliphatic carbocycles. The standard InChI is InChI=1S/C38H80N4O/c1-10-11-12-13-14-15-16-17-18-19-20-21-22-23-24-25-26-27-28-29-38(43)41(31-30-40(33(2)3)34(4)5)37(32-39)42(35(6)7)36(8)9/h33-37H,10-32,39H2,1-9H3. The Hall–Kier alpha value is -0.650. The summed E-state index contributed by atoms with van der Waals surface area (Å²) in [6.45, 7) is 22.3. The molecule has 2 N–H and O–H groups in total. The number of hydrogen-bond donors (Lipinski definition) is 1. The first-order valence-electron chi connectivity index (χ1n) is 19.1. The third kappa shape index (κ3) is 20.9. The van der Waals surface area contributed by atoms with Crippen molar-refractivity contribution in [2.24, 2.45) is 5.73 Å². The summed E-state index contributed by atoms with van der Waals surface area (Å²) in [5, 5.41) is 0. The molecule has 0 aromatic rings. The molecule has 0 aliphatic heterocycles. The van der Waals surface area contributed by atoms with Crippen LogP contribution in [0.15, 0.2) is 0 Å². The Bertz CT molecular complexity index is 605. The minimum absolute atomic E-state index is 0.0472. The number of carbonyl (C=O) groups is 1. The van der Waals surface area contributed by atoms with Gasteiger partial charge in [0, 0.05) is 50.2 Å². The molecule has 0 radical (unpaired) electrons. The van der Waals surface area contributed by atoms with Gasteiger partial charge in [-0.05, 0) is 61.8 Å².